The molecule has 2 rings (SSSR count). The van der Waals surface area contributed by atoms with Gasteiger partial charge in [-0.1, -0.05) is 0 Å². The SMILES string of the molecule is CC(C)(C)OC(=O)N1CCCCC1CCCOCC(=O)c1ccco1. The molecule has 1 aromatic rings. The minimum Gasteiger partial charge on any atom is -0.461 e. The highest BCUT2D eigenvalue weighted by Gasteiger charge is 2.30. The number of rotatable bonds is 7. The highest BCUT2D eigenvalue weighted by atomic mass is 16.6. The molecule has 0 bridgehead atoms. The van der Waals surface area contributed by atoms with E-state index in [1.165, 1.54) is 6.26 Å². The van der Waals surface area contributed by atoms with Crippen molar-refractivity contribution in [2.24, 2.45) is 0 Å². The Morgan fingerprint density at radius 2 is 2.12 bits per heavy atom. The van der Waals surface area contributed by atoms with Crippen molar-refractivity contribution >= 4 is 11.9 Å². The molecule has 6 nitrogen and oxygen atoms in total. The van der Waals surface area contributed by atoms with Gasteiger partial charge >= 0.3 is 6.09 Å². The van der Waals surface area contributed by atoms with Gasteiger partial charge in [-0.3, -0.25) is 4.79 Å². The second kappa shape index (κ2) is 9.04. The van der Waals surface area contributed by atoms with Crippen LogP contribution in [0.1, 0.15) is 63.4 Å². The fourth-order valence-electron chi connectivity index (χ4n) is 2.96. The first-order valence-electron chi connectivity index (χ1n) is 9.01. The molecule has 25 heavy (non-hydrogen) atoms. The Hall–Kier alpha value is -1.82. The fraction of sp³-hybridized carbons (Fsp3) is 0.684. The van der Waals surface area contributed by atoms with Crippen LogP contribution in [0.2, 0.25) is 0 Å². The van der Waals surface area contributed by atoms with Crippen molar-refractivity contribution < 1.29 is 23.5 Å². The van der Waals surface area contributed by atoms with E-state index >= 15 is 0 Å². The van der Waals surface area contributed by atoms with Crippen LogP contribution in [0.25, 0.3) is 0 Å². The summed E-state index contributed by atoms with van der Waals surface area (Å²) in [5.41, 5.74) is -0.478. The van der Waals surface area contributed by atoms with Crippen molar-refractivity contribution in [3.05, 3.63) is 24.2 Å². The van der Waals surface area contributed by atoms with E-state index in [1.807, 2.05) is 25.7 Å². The lowest BCUT2D eigenvalue weighted by atomic mass is 9.98. The Kier molecular flexibility index (Phi) is 7.05. The molecule has 0 N–H and O–H groups in total. The van der Waals surface area contributed by atoms with Gasteiger partial charge in [0, 0.05) is 19.2 Å². The van der Waals surface area contributed by atoms with Gasteiger partial charge < -0.3 is 18.8 Å². The Bertz CT molecular complexity index is 547. The van der Waals surface area contributed by atoms with Crippen LogP contribution in [0, 0.1) is 0 Å². The molecule has 1 fully saturated rings. The number of piperidine rings is 1. The summed E-state index contributed by atoms with van der Waals surface area (Å²) in [6.07, 6.45) is 6.03. The van der Waals surface area contributed by atoms with Crippen LogP contribution in [-0.4, -0.2) is 48.2 Å². The maximum Gasteiger partial charge on any atom is 0.410 e. The molecule has 6 heteroatoms. The number of likely N-dealkylation sites (tertiary alicyclic amines) is 1. The van der Waals surface area contributed by atoms with Gasteiger partial charge in [-0.05, 0) is 65.0 Å². The number of Topliss-reactive ketones (excluding diaryl/α,β-unsaturated/α-hetero) is 1. The molecule has 0 aromatic carbocycles. The molecule has 1 aromatic heterocycles. The van der Waals surface area contributed by atoms with Gasteiger partial charge in [0.25, 0.3) is 0 Å². The molecule has 140 valence electrons. The normalized spacial score (nSPS) is 18.2. The summed E-state index contributed by atoms with van der Waals surface area (Å²) in [5.74, 6) is 0.168. The van der Waals surface area contributed by atoms with Crippen LogP contribution in [-0.2, 0) is 9.47 Å². The van der Waals surface area contributed by atoms with E-state index in [4.69, 9.17) is 13.9 Å². The molecule has 2 heterocycles. The lowest BCUT2D eigenvalue weighted by Gasteiger charge is -2.36. The number of nitrogens with zero attached hydrogens (tertiary/aromatic N) is 1. The maximum atomic E-state index is 12.4. The van der Waals surface area contributed by atoms with Crippen molar-refractivity contribution in [2.45, 2.75) is 64.5 Å². The second-order valence-corrected chi connectivity index (χ2v) is 7.42. The first-order chi connectivity index (χ1) is 11.9. The van der Waals surface area contributed by atoms with Gasteiger partial charge in [0.2, 0.25) is 5.78 Å². The van der Waals surface area contributed by atoms with E-state index in [1.54, 1.807) is 12.1 Å². The molecular formula is C19H29NO5. The molecule has 1 amide bonds. The third-order valence-electron chi connectivity index (χ3n) is 4.11. The smallest absolute Gasteiger partial charge is 0.410 e. The molecule has 0 aliphatic carbocycles. The summed E-state index contributed by atoms with van der Waals surface area (Å²) >= 11 is 0. The lowest BCUT2D eigenvalue weighted by molar-refractivity contribution is 0.00758. The van der Waals surface area contributed by atoms with Crippen LogP contribution < -0.4 is 0 Å². The van der Waals surface area contributed by atoms with E-state index < -0.39 is 5.60 Å². The number of hydrogen-bond acceptors (Lipinski definition) is 5. The average molecular weight is 351 g/mol. The zero-order valence-corrected chi connectivity index (χ0v) is 15.5. The molecule has 0 saturated carbocycles. The van der Waals surface area contributed by atoms with E-state index in [9.17, 15) is 9.59 Å². The Labute approximate surface area is 149 Å². The van der Waals surface area contributed by atoms with E-state index in [0.29, 0.717) is 12.4 Å². The molecule has 1 unspecified atom stereocenters. The molecule has 0 radical (unpaired) electrons. The second-order valence-electron chi connectivity index (χ2n) is 7.42. The highest BCUT2D eigenvalue weighted by molar-refractivity contribution is 5.94. The molecule has 1 aliphatic rings. The topological polar surface area (TPSA) is 69.0 Å². The van der Waals surface area contributed by atoms with Crippen LogP contribution in [0.4, 0.5) is 4.79 Å². The Morgan fingerprint density at radius 1 is 1.32 bits per heavy atom. The summed E-state index contributed by atoms with van der Waals surface area (Å²) in [7, 11) is 0. The van der Waals surface area contributed by atoms with E-state index in [0.717, 1.165) is 38.6 Å². The monoisotopic (exact) mass is 351 g/mol. The summed E-state index contributed by atoms with van der Waals surface area (Å²) in [6.45, 7) is 6.91. The predicted octanol–water partition coefficient (Wildman–Crippen LogP) is 4.05. The van der Waals surface area contributed by atoms with Gasteiger partial charge in [0.05, 0.1) is 6.26 Å². The van der Waals surface area contributed by atoms with Gasteiger partial charge in [0.1, 0.15) is 12.2 Å². The highest BCUT2D eigenvalue weighted by Crippen LogP contribution is 2.23. The zero-order valence-electron chi connectivity index (χ0n) is 15.5. The standard InChI is InChI=1S/C19H29NO5/c1-19(2,3)25-18(22)20-11-5-4-8-15(20)9-6-12-23-14-16(21)17-10-7-13-24-17/h7,10,13,15H,4-6,8-9,11-12,14H2,1-3H3. The number of ether oxygens (including phenoxy) is 2. The molecule has 0 spiro atoms. The zero-order chi connectivity index (χ0) is 18.3. The quantitative estimate of drug-likeness (QED) is 0.547. The predicted molar refractivity (Wildman–Crippen MR) is 93.7 cm³/mol. The fourth-order valence-corrected chi connectivity index (χ4v) is 2.96. The van der Waals surface area contributed by atoms with E-state index in [-0.39, 0.29) is 24.5 Å². The number of amides is 1. The third kappa shape index (κ3) is 6.53. The lowest BCUT2D eigenvalue weighted by Crippen LogP contribution is -2.46. The molecule has 1 aliphatic heterocycles. The van der Waals surface area contributed by atoms with Crippen LogP contribution in [0.5, 0.6) is 0 Å². The molecular weight excluding hydrogens is 322 g/mol. The Balaban J connectivity index is 1.70. The van der Waals surface area contributed by atoms with Gasteiger partial charge in [-0.2, -0.15) is 0 Å². The average Bonchev–Trinajstić information content (AvgIpc) is 3.07. The van der Waals surface area contributed by atoms with Crippen molar-refractivity contribution in [3.8, 4) is 0 Å². The minimum atomic E-state index is -0.478. The summed E-state index contributed by atoms with van der Waals surface area (Å²) in [4.78, 5) is 26.0. The van der Waals surface area contributed by atoms with Crippen molar-refractivity contribution in [1.29, 1.82) is 0 Å². The minimum absolute atomic E-state index is 0.0218. The van der Waals surface area contributed by atoms with Crippen LogP contribution >= 0.6 is 0 Å². The van der Waals surface area contributed by atoms with Gasteiger partial charge in [0.15, 0.2) is 5.76 Å². The van der Waals surface area contributed by atoms with Crippen molar-refractivity contribution in [1.82, 2.24) is 4.90 Å². The van der Waals surface area contributed by atoms with Crippen molar-refractivity contribution in [3.63, 3.8) is 0 Å². The van der Waals surface area contributed by atoms with Gasteiger partial charge in [-0.25, -0.2) is 4.79 Å². The van der Waals surface area contributed by atoms with Gasteiger partial charge in [-0.15, -0.1) is 0 Å². The number of carbonyl (C=O) groups is 2. The molecule has 1 saturated heterocycles. The largest absolute Gasteiger partial charge is 0.461 e. The van der Waals surface area contributed by atoms with Crippen molar-refractivity contribution in [2.75, 3.05) is 19.8 Å². The van der Waals surface area contributed by atoms with E-state index in [2.05, 4.69) is 0 Å². The third-order valence-corrected chi connectivity index (χ3v) is 4.11. The maximum absolute atomic E-state index is 12.4. The number of carbonyl (C=O) groups excluding carboxylic acids is 2. The number of hydrogen-bond donors (Lipinski definition) is 0. The first kappa shape index (κ1) is 19.5. The summed E-state index contributed by atoms with van der Waals surface area (Å²) in [6, 6.07) is 3.50. The Morgan fingerprint density at radius 3 is 2.80 bits per heavy atom. The van der Waals surface area contributed by atoms with Crippen LogP contribution in [0.15, 0.2) is 22.8 Å². The number of ketones is 1. The number of furan rings is 1. The summed E-state index contributed by atoms with van der Waals surface area (Å²) < 4.78 is 16.0. The first-order valence-corrected chi connectivity index (χ1v) is 9.01. The van der Waals surface area contributed by atoms with Crippen LogP contribution in [0.3, 0.4) is 0 Å². The molecule has 1 atom stereocenters. The summed E-state index contributed by atoms with van der Waals surface area (Å²) in [5, 5.41) is 0.